The minimum atomic E-state index is -0.659. The fourth-order valence-corrected chi connectivity index (χ4v) is 5.29. The number of hydrogen-bond donors (Lipinski definition) is 0. The molecule has 5 nitrogen and oxygen atoms in total. The molecule has 0 fully saturated rings. The van der Waals surface area contributed by atoms with Gasteiger partial charge in [0.1, 0.15) is 11.8 Å². The van der Waals surface area contributed by atoms with Crippen LogP contribution in [0.25, 0.3) is 0 Å². The van der Waals surface area contributed by atoms with E-state index in [4.69, 9.17) is 0 Å². The molecule has 1 aliphatic heterocycles. The van der Waals surface area contributed by atoms with Gasteiger partial charge in [0, 0.05) is 28.8 Å². The Kier molecular flexibility index (Phi) is 4.51. The van der Waals surface area contributed by atoms with E-state index in [1.807, 2.05) is 36.4 Å². The van der Waals surface area contributed by atoms with Crippen LogP contribution in [0.15, 0.2) is 79.1 Å². The Hall–Kier alpha value is -4.40. The zero-order chi connectivity index (χ0) is 22.3. The molecule has 4 unspecified atom stereocenters. The molecule has 2 heterocycles. The topological polar surface area (TPSA) is 87.5 Å². The van der Waals surface area contributed by atoms with Crippen LogP contribution in [0, 0.1) is 34.0 Å². The van der Waals surface area contributed by atoms with Crippen LogP contribution in [0.5, 0.6) is 0 Å². The summed E-state index contributed by atoms with van der Waals surface area (Å²) in [6.07, 6.45) is 18.2. The lowest BCUT2D eigenvalue weighted by atomic mass is 9.70. The van der Waals surface area contributed by atoms with Gasteiger partial charge in [-0.25, -0.2) is 4.98 Å². The zero-order valence-corrected chi connectivity index (χ0v) is 17.5. The van der Waals surface area contributed by atoms with Crippen LogP contribution >= 0.6 is 0 Å². The molecular formula is C27H19N5. The molecule has 2 aliphatic carbocycles. The molecule has 152 valence electrons. The standard InChI is InChI=1S/C27H19N5/c1-27(26-19(16-29)11-13-31-22(26)17-30)12-5-4-8-25(27)32-23-7-3-2-6-20(23)21-14-18(15-28)9-10-24(21)32/h2-14,20,23,25H,1H3. The van der Waals surface area contributed by atoms with E-state index in [-0.39, 0.29) is 23.7 Å². The van der Waals surface area contributed by atoms with Crippen LogP contribution in [0.1, 0.15) is 40.8 Å². The number of nitrogens with zero attached hydrogens (tertiary/aromatic N) is 5. The maximum absolute atomic E-state index is 9.84. The van der Waals surface area contributed by atoms with Crippen molar-refractivity contribution in [3.05, 3.63) is 107 Å². The van der Waals surface area contributed by atoms with Gasteiger partial charge in [0.05, 0.1) is 35.3 Å². The van der Waals surface area contributed by atoms with Gasteiger partial charge in [-0.05, 0) is 36.8 Å². The van der Waals surface area contributed by atoms with Gasteiger partial charge in [0.25, 0.3) is 0 Å². The number of fused-ring (bicyclic) bond motifs is 3. The van der Waals surface area contributed by atoms with Crippen molar-refractivity contribution in [3.8, 4) is 18.2 Å². The highest BCUT2D eigenvalue weighted by Gasteiger charge is 2.47. The molecule has 0 saturated heterocycles. The molecule has 1 aromatic carbocycles. The normalized spacial score (nSPS) is 26.7. The Morgan fingerprint density at radius 2 is 1.75 bits per heavy atom. The van der Waals surface area contributed by atoms with Gasteiger partial charge in [0.15, 0.2) is 0 Å². The molecule has 2 aromatic rings. The van der Waals surface area contributed by atoms with E-state index < -0.39 is 5.41 Å². The lowest BCUT2D eigenvalue weighted by Crippen LogP contribution is -2.52. The Balaban J connectivity index is 1.73. The fraction of sp³-hybridized carbons (Fsp3) is 0.185. The summed E-state index contributed by atoms with van der Waals surface area (Å²) < 4.78 is 0. The van der Waals surface area contributed by atoms with E-state index >= 15 is 0 Å². The highest BCUT2D eigenvalue weighted by molar-refractivity contribution is 5.70. The van der Waals surface area contributed by atoms with Crippen LogP contribution in [0.4, 0.5) is 5.69 Å². The number of anilines is 1. The van der Waals surface area contributed by atoms with Crippen molar-refractivity contribution < 1.29 is 0 Å². The number of nitriles is 3. The van der Waals surface area contributed by atoms with Crippen molar-refractivity contribution >= 4 is 5.69 Å². The van der Waals surface area contributed by atoms with Crippen molar-refractivity contribution in [2.45, 2.75) is 30.3 Å². The van der Waals surface area contributed by atoms with Crippen molar-refractivity contribution in [1.29, 1.82) is 15.8 Å². The highest BCUT2D eigenvalue weighted by atomic mass is 15.2. The molecule has 0 N–H and O–H groups in total. The second kappa shape index (κ2) is 7.38. The number of benzene rings is 1. The SMILES string of the molecule is CC1(c2c(C#N)ccnc2C#N)C=CC=CC1N1c2ccc(C#N)cc2C2C=CC=CC21. The van der Waals surface area contributed by atoms with Crippen molar-refractivity contribution in [3.63, 3.8) is 0 Å². The van der Waals surface area contributed by atoms with Gasteiger partial charge < -0.3 is 4.90 Å². The molecule has 0 bridgehead atoms. The van der Waals surface area contributed by atoms with E-state index in [9.17, 15) is 15.8 Å². The van der Waals surface area contributed by atoms with Gasteiger partial charge in [-0.2, -0.15) is 15.8 Å². The second-order valence-corrected chi connectivity index (χ2v) is 8.36. The molecule has 1 aromatic heterocycles. The molecule has 3 aliphatic rings. The molecule has 4 atom stereocenters. The van der Waals surface area contributed by atoms with Gasteiger partial charge >= 0.3 is 0 Å². The first-order valence-electron chi connectivity index (χ1n) is 10.5. The number of rotatable bonds is 2. The van der Waals surface area contributed by atoms with Crippen LogP contribution in [0.2, 0.25) is 0 Å². The largest absolute Gasteiger partial charge is 0.356 e. The molecule has 0 saturated carbocycles. The minimum Gasteiger partial charge on any atom is -0.356 e. The van der Waals surface area contributed by atoms with Crippen molar-refractivity contribution in [2.75, 3.05) is 4.90 Å². The van der Waals surface area contributed by atoms with Crippen molar-refractivity contribution in [2.24, 2.45) is 0 Å². The molecule has 0 amide bonds. The Labute approximate surface area is 187 Å². The summed E-state index contributed by atoms with van der Waals surface area (Å²) in [5.74, 6) is 0.131. The second-order valence-electron chi connectivity index (χ2n) is 8.36. The van der Waals surface area contributed by atoms with Gasteiger partial charge in [-0.1, -0.05) is 48.6 Å². The Morgan fingerprint density at radius 3 is 2.53 bits per heavy atom. The molecule has 5 heteroatoms. The van der Waals surface area contributed by atoms with E-state index in [0.717, 1.165) is 11.3 Å². The summed E-state index contributed by atoms with van der Waals surface area (Å²) in [5, 5.41) is 29.1. The Morgan fingerprint density at radius 1 is 0.938 bits per heavy atom. The van der Waals surface area contributed by atoms with E-state index in [1.54, 1.807) is 6.07 Å². The summed E-state index contributed by atoms with van der Waals surface area (Å²) in [4.78, 5) is 6.64. The average Bonchev–Trinajstić information content (AvgIpc) is 3.17. The van der Waals surface area contributed by atoms with E-state index in [0.29, 0.717) is 16.7 Å². The molecule has 32 heavy (non-hydrogen) atoms. The van der Waals surface area contributed by atoms with Crippen LogP contribution in [0.3, 0.4) is 0 Å². The number of pyridine rings is 1. The van der Waals surface area contributed by atoms with Gasteiger partial charge in [-0.3, -0.25) is 0 Å². The predicted octanol–water partition coefficient (Wildman–Crippen LogP) is 4.55. The number of aromatic nitrogens is 1. The zero-order valence-electron chi connectivity index (χ0n) is 17.5. The van der Waals surface area contributed by atoms with Crippen LogP contribution in [-0.4, -0.2) is 17.1 Å². The quantitative estimate of drug-likeness (QED) is 0.721. The lowest BCUT2D eigenvalue weighted by Gasteiger charge is -2.45. The van der Waals surface area contributed by atoms with E-state index in [1.165, 1.54) is 6.20 Å². The predicted molar refractivity (Wildman–Crippen MR) is 122 cm³/mol. The summed E-state index contributed by atoms with van der Waals surface area (Å²) in [7, 11) is 0. The fourth-order valence-electron chi connectivity index (χ4n) is 5.29. The molecule has 5 rings (SSSR count). The first-order valence-corrected chi connectivity index (χ1v) is 10.5. The van der Waals surface area contributed by atoms with Crippen LogP contribution < -0.4 is 4.90 Å². The third-order valence-corrected chi connectivity index (χ3v) is 6.70. The third kappa shape index (κ3) is 2.71. The summed E-state index contributed by atoms with van der Waals surface area (Å²) in [6, 6.07) is 14.1. The smallest absolute Gasteiger partial charge is 0.145 e. The maximum Gasteiger partial charge on any atom is 0.145 e. The maximum atomic E-state index is 9.84. The van der Waals surface area contributed by atoms with Crippen molar-refractivity contribution in [1.82, 2.24) is 4.98 Å². The summed E-state index contributed by atoms with van der Waals surface area (Å²) in [6.45, 7) is 2.06. The highest BCUT2D eigenvalue weighted by Crippen LogP contribution is 2.49. The lowest BCUT2D eigenvalue weighted by molar-refractivity contribution is 0.460. The third-order valence-electron chi connectivity index (χ3n) is 6.70. The van der Waals surface area contributed by atoms with Crippen LogP contribution in [-0.2, 0) is 5.41 Å². The number of allylic oxidation sites excluding steroid dienone is 4. The first kappa shape index (κ1) is 19.6. The summed E-state index contributed by atoms with van der Waals surface area (Å²) in [5.41, 5.74) is 3.53. The van der Waals surface area contributed by atoms with Gasteiger partial charge in [-0.15, -0.1) is 0 Å². The summed E-state index contributed by atoms with van der Waals surface area (Å²) >= 11 is 0. The Bertz CT molecular complexity index is 1330. The van der Waals surface area contributed by atoms with E-state index in [2.05, 4.69) is 65.4 Å². The molecular weight excluding hydrogens is 394 g/mol. The minimum absolute atomic E-state index is 0.0668. The first-order chi connectivity index (χ1) is 15.6. The van der Waals surface area contributed by atoms with Gasteiger partial charge in [0.2, 0.25) is 0 Å². The average molecular weight is 413 g/mol. The monoisotopic (exact) mass is 413 g/mol. The molecule has 0 radical (unpaired) electrons. The number of hydrogen-bond acceptors (Lipinski definition) is 5. The molecule has 0 spiro atoms.